The SMILES string of the molecule is CCCCN(CCCC)c1ncnc(OCCC)c1N. The molecule has 0 spiro atoms. The van der Waals surface area contributed by atoms with Gasteiger partial charge in [0, 0.05) is 13.1 Å². The molecule has 0 aromatic carbocycles. The molecule has 114 valence electrons. The predicted octanol–water partition coefficient (Wildman–Crippen LogP) is 3.25. The highest BCUT2D eigenvalue weighted by Gasteiger charge is 2.15. The summed E-state index contributed by atoms with van der Waals surface area (Å²) in [5.74, 6) is 1.32. The summed E-state index contributed by atoms with van der Waals surface area (Å²) >= 11 is 0. The molecule has 1 heterocycles. The van der Waals surface area contributed by atoms with Crippen LogP contribution in [0.15, 0.2) is 6.33 Å². The van der Waals surface area contributed by atoms with E-state index in [0.29, 0.717) is 18.2 Å². The van der Waals surface area contributed by atoms with E-state index in [1.54, 1.807) is 6.33 Å². The van der Waals surface area contributed by atoms with E-state index >= 15 is 0 Å². The molecule has 0 unspecified atom stereocenters. The molecule has 0 aliphatic heterocycles. The predicted molar refractivity (Wildman–Crippen MR) is 84.3 cm³/mol. The maximum absolute atomic E-state index is 6.18. The average Bonchev–Trinajstić information content (AvgIpc) is 2.47. The number of unbranched alkanes of at least 4 members (excludes halogenated alkanes) is 2. The minimum atomic E-state index is 0.509. The standard InChI is InChI=1S/C15H28N4O/c1-4-7-9-19(10-8-5-2)14-13(16)15(18-12-17-14)20-11-6-3/h12H,4-11,16H2,1-3H3. The topological polar surface area (TPSA) is 64.3 Å². The smallest absolute Gasteiger partial charge is 0.242 e. The lowest BCUT2D eigenvalue weighted by atomic mass is 10.2. The first-order valence-electron chi connectivity index (χ1n) is 7.72. The van der Waals surface area contributed by atoms with Gasteiger partial charge in [0.2, 0.25) is 5.88 Å². The second kappa shape index (κ2) is 9.39. The number of hydrogen-bond donors (Lipinski definition) is 1. The number of anilines is 2. The molecule has 0 aliphatic rings. The van der Waals surface area contributed by atoms with E-state index in [4.69, 9.17) is 10.5 Å². The van der Waals surface area contributed by atoms with Gasteiger partial charge in [0.25, 0.3) is 0 Å². The molecule has 5 nitrogen and oxygen atoms in total. The first-order valence-corrected chi connectivity index (χ1v) is 7.72. The van der Waals surface area contributed by atoms with E-state index in [1.165, 1.54) is 0 Å². The van der Waals surface area contributed by atoms with Gasteiger partial charge < -0.3 is 15.4 Å². The lowest BCUT2D eigenvalue weighted by molar-refractivity contribution is 0.306. The summed E-state index contributed by atoms with van der Waals surface area (Å²) in [6, 6.07) is 0. The number of rotatable bonds is 10. The van der Waals surface area contributed by atoms with Gasteiger partial charge in [-0.3, -0.25) is 0 Å². The number of hydrogen-bond acceptors (Lipinski definition) is 5. The Morgan fingerprint density at radius 3 is 2.25 bits per heavy atom. The number of ether oxygens (including phenoxy) is 1. The highest BCUT2D eigenvalue weighted by atomic mass is 16.5. The Balaban J connectivity index is 2.87. The zero-order valence-corrected chi connectivity index (χ0v) is 13.1. The summed E-state index contributed by atoms with van der Waals surface area (Å²) in [6.45, 7) is 9.03. The molecule has 0 fully saturated rings. The zero-order valence-electron chi connectivity index (χ0n) is 13.1. The van der Waals surface area contributed by atoms with Gasteiger partial charge >= 0.3 is 0 Å². The van der Waals surface area contributed by atoms with Crippen molar-refractivity contribution in [1.29, 1.82) is 0 Å². The molecule has 1 aromatic heterocycles. The summed E-state index contributed by atoms with van der Waals surface area (Å²) in [5, 5.41) is 0. The molecule has 20 heavy (non-hydrogen) atoms. The largest absolute Gasteiger partial charge is 0.476 e. The van der Waals surface area contributed by atoms with Crippen LogP contribution in [0.3, 0.4) is 0 Å². The zero-order chi connectivity index (χ0) is 14.8. The van der Waals surface area contributed by atoms with Crippen molar-refractivity contribution >= 4 is 11.5 Å². The normalized spacial score (nSPS) is 10.6. The Morgan fingerprint density at radius 1 is 1.05 bits per heavy atom. The van der Waals surface area contributed by atoms with Gasteiger partial charge in [-0.25, -0.2) is 4.98 Å². The minimum Gasteiger partial charge on any atom is -0.476 e. The molecule has 0 radical (unpaired) electrons. The molecule has 2 N–H and O–H groups in total. The fourth-order valence-electron chi connectivity index (χ4n) is 1.96. The monoisotopic (exact) mass is 280 g/mol. The number of aromatic nitrogens is 2. The van der Waals surface area contributed by atoms with Gasteiger partial charge in [0.15, 0.2) is 5.82 Å². The van der Waals surface area contributed by atoms with Gasteiger partial charge in [-0.2, -0.15) is 4.98 Å². The van der Waals surface area contributed by atoms with Crippen LogP contribution in [-0.4, -0.2) is 29.7 Å². The third kappa shape index (κ3) is 4.87. The van der Waals surface area contributed by atoms with Gasteiger partial charge in [0.1, 0.15) is 12.0 Å². The Labute approximate surface area is 122 Å². The average molecular weight is 280 g/mol. The van der Waals surface area contributed by atoms with E-state index < -0.39 is 0 Å². The van der Waals surface area contributed by atoms with Crippen LogP contribution in [0.4, 0.5) is 11.5 Å². The van der Waals surface area contributed by atoms with Crippen LogP contribution in [0, 0.1) is 0 Å². The van der Waals surface area contributed by atoms with Gasteiger partial charge in [-0.1, -0.05) is 33.6 Å². The summed E-state index contributed by atoms with van der Waals surface area (Å²) < 4.78 is 5.58. The first kappa shape index (κ1) is 16.5. The number of nitrogen functional groups attached to an aromatic ring is 1. The van der Waals surface area contributed by atoms with Gasteiger partial charge in [-0.15, -0.1) is 0 Å². The van der Waals surface area contributed by atoms with E-state index in [2.05, 4.69) is 35.6 Å². The quantitative estimate of drug-likeness (QED) is 0.712. The Kier molecular flexibility index (Phi) is 7.77. The third-order valence-electron chi connectivity index (χ3n) is 3.13. The molecule has 0 saturated carbocycles. The summed E-state index contributed by atoms with van der Waals surface area (Å²) in [4.78, 5) is 10.8. The first-order chi connectivity index (χ1) is 9.74. The second-order valence-electron chi connectivity index (χ2n) is 4.96. The molecule has 1 rings (SSSR count). The van der Waals surface area contributed by atoms with Gasteiger partial charge in [-0.05, 0) is 19.3 Å². The molecule has 1 aromatic rings. The van der Waals surface area contributed by atoms with Crippen molar-refractivity contribution in [3.63, 3.8) is 0 Å². The molecule has 0 amide bonds. The van der Waals surface area contributed by atoms with Crippen LogP contribution >= 0.6 is 0 Å². The van der Waals surface area contributed by atoms with E-state index in [9.17, 15) is 0 Å². The van der Waals surface area contributed by atoms with Crippen LogP contribution in [0.25, 0.3) is 0 Å². The highest BCUT2D eigenvalue weighted by molar-refractivity contribution is 5.67. The van der Waals surface area contributed by atoms with Crippen LogP contribution in [0.2, 0.25) is 0 Å². The number of nitrogens with two attached hydrogens (primary N) is 1. The Morgan fingerprint density at radius 2 is 1.70 bits per heavy atom. The summed E-state index contributed by atoms with van der Waals surface area (Å²) in [7, 11) is 0. The molecule has 5 heteroatoms. The molecule has 0 bridgehead atoms. The van der Waals surface area contributed by atoms with Crippen LogP contribution in [-0.2, 0) is 0 Å². The van der Waals surface area contributed by atoms with Crippen molar-refractivity contribution in [2.75, 3.05) is 30.3 Å². The maximum Gasteiger partial charge on any atom is 0.242 e. The van der Waals surface area contributed by atoms with Gasteiger partial charge in [0.05, 0.1) is 6.61 Å². The van der Waals surface area contributed by atoms with Crippen molar-refractivity contribution in [2.24, 2.45) is 0 Å². The molecular weight excluding hydrogens is 252 g/mol. The molecule has 0 saturated heterocycles. The lowest BCUT2D eigenvalue weighted by Crippen LogP contribution is -2.27. The molecule has 0 atom stereocenters. The van der Waals surface area contributed by atoms with Crippen LogP contribution in [0.1, 0.15) is 52.9 Å². The summed E-state index contributed by atoms with van der Waals surface area (Å²) in [5.41, 5.74) is 6.74. The summed E-state index contributed by atoms with van der Waals surface area (Å²) in [6.07, 6.45) is 7.08. The minimum absolute atomic E-state index is 0.509. The van der Waals surface area contributed by atoms with E-state index in [-0.39, 0.29) is 0 Å². The van der Waals surface area contributed by atoms with Crippen LogP contribution in [0.5, 0.6) is 5.88 Å². The molecule has 0 aliphatic carbocycles. The Hall–Kier alpha value is -1.52. The fourth-order valence-corrected chi connectivity index (χ4v) is 1.96. The second-order valence-corrected chi connectivity index (χ2v) is 4.96. The van der Waals surface area contributed by atoms with E-state index in [1.807, 2.05) is 0 Å². The van der Waals surface area contributed by atoms with Crippen molar-refractivity contribution in [3.05, 3.63) is 6.33 Å². The fraction of sp³-hybridized carbons (Fsp3) is 0.733. The van der Waals surface area contributed by atoms with Crippen molar-refractivity contribution in [1.82, 2.24) is 9.97 Å². The van der Waals surface area contributed by atoms with Crippen molar-refractivity contribution in [3.8, 4) is 5.88 Å². The highest BCUT2D eigenvalue weighted by Crippen LogP contribution is 2.28. The molecular formula is C15H28N4O. The maximum atomic E-state index is 6.18. The third-order valence-corrected chi connectivity index (χ3v) is 3.13. The van der Waals surface area contributed by atoms with Crippen LogP contribution < -0.4 is 15.4 Å². The van der Waals surface area contributed by atoms with Crippen molar-refractivity contribution in [2.45, 2.75) is 52.9 Å². The lowest BCUT2D eigenvalue weighted by Gasteiger charge is -2.25. The van der Waals surface area contributed by atoms with Crippen molar-refractivity contribution < 1.29 is 4.74 Å². The Bertz CT molecular complexity index is 376. The van der Waals surface area contributed by atoms with E-state index in [0.717, 1.165) is 51.0 Å². The number of nitrogens with zero attached hydrogens (tertiary/aromatic N) is 3.